The molecule has 2 aliphatic carbocycles. The number of amides is 1. The van der Waals surface area contributed by atoms with Crippen LogP contribution in [-0.4, -0.2) is 48.7 Å². The number of fused-ring (bicyclic) bond motifs is 4. The zero-order valence-electron chi connectivity index (χ0n) is 16.1. The number of benzene rings is 2. The molecule has 0 spiro atoms. The van der Waals surface area contributed by atoms with Gasteiger partial charge in [0.15, 0.2) is 5.78 Å². The van der Waals surface area contributed by atoms with Gasteiger partial charge in [0.05, 0.1) is 6.10 Å². The van der Waals surface area contributed by atoms with E-state index in [1.54, 1.807) is 4.90 Å². The average molecular weight is 389 g/mol. The molecule has 6 rings (SSSR count). The molecule has 1 amide bonds. The van der Waals surface area contributed by atoms with Gasteiger partial charge in [-0.1, -0.05) is 48.5 Å². The number of ketones is 1. The van der Waals surface area contributed by atoms with Gasteiger partial charge in [0.2, 0.25) is 0 Å². The zero-order chi connectivity index (χ0) is 19.5. The van der Waals surface area contributed by atoms with Crippen LogP contribution in [0.3, 0.4) is 0 Å². The van der Waals surface area contributed by atoms with E-state index in [0.29, 0.717) is 12.5 Å². The van der Waals surface area contributed by atoms with Gasteiger partial charge < -0.3 is 9.47 Å². The minimum atomic E-state index is -0.462. The standard InChI is InChI=1S/C24H23NO4/c26-21-13-28-23-19(14-9-10-14)11-25(22(21)23)24(27)29-12-20-17-7-3-1-5-15(17)16-6-2-4-8-18(16)20/h1-8,14,19-20,22-23H,9-13H2/t19-,22-,23-/m1/s1. The fourth-order valence-electron chi connectivity index (χ4n) is 5.50. The highest BCUT2D eigenvalue weighted by atomic mass is 16.6. The Balaban J connectivity index is 1.22. The van der Waals surface area contributed by atoms with E-state index in [2.05, 4.69) is 24.3 Å². The molecule has 2 aromatic carbocycles. The summed E-state index contributed by atoms with van der Waals surface area (Å²) in [4.78, 5) is 27.0. The molecule has 2 aromatic rings. The Morgan fingerprint density at radius 2 is 1.69 bits per heavy atom. The van der Waals surface area contributed by atoms with Crippen molar-refractivity contribution in [3.05, 3.63) is 59.7 Å². The molecule has 2 heterocycles. The van der Waals surface area contributed by atoms with Crippen molar-refractivity contribution < 1.29 is 19.1 Å². The Morgan fingerprint density at radius 3 is 2.34 bits per heavy atom. The molecule has 4 aliphatic rings. The normalized spacial score (nSPS) is 27.7. The highest BCUT2D eigenvalue weighted by Gasteiger charge is 2.56. The molecule has 5 heteroatoms. The van der Waals surface area contributed by atoms with Gasteiger partial charge in [0.1, 0.15) is 19.3 Å². The number of carbonyl (C=O) groups is 2. The molecule has 2 saturated heterocycles. The predicted molar refractivity (Wildman–Crippen MR) is 107 cm³/mol. The molecule has 0 aromatic heterocycles. The molecule has 1 saturated carbocycles. The van der Waals surface area contributed by atoms with E-state index in [1.165, 1.54) is 35.1 Å². The Kier molecular flexibility index (Phi) is 3.81. The molecular weight excluding hydrogens is 366 g/mol. The van der Waals surface area contributed by atoms with Crippen LogP contribution in [0, 0.1) is 11.8 Å². The van der Waals surface area contributed by atoms with Crippen LogP contribution < -0.4 is 0 Å². The lowest BCUT2D eigenvalue weighted by molar-refractivity contribution is -0.121. The van der Waals surface area contributed by atoms with Crippen LogP contribution in [0.25, 0.3) is 11.1 Å². The number of carbonyl (C=O) groups excluding carboxylic acids is 2. The molecule has 0 N–H and O–H groups in total. The maximum Gasteiger partial charge on any atom is 0.410 e. The number of hydrogen-bond acceptors (Lipinski definition) is 4. The monoisotopic (exact) mass is 389 g/mol. The summed E-state index contributed by atoms with van der Waals surface area (Å²) in [6, 6.07) is 16.1. The van der Waals surface area contributed by atoms with E-state index in [4.69, 9.17) is 9.47 Å². The van der Waals surface area contributed by atoms with Crippen LogP contribution in [0.15, 0.2) is 48.5 Å². The summed E-state index contributed by atoms with van der Waals surface area (Å²) >= 11 is 0. The molecule has 0 unspecified atom stereocenters. The summed E-state index contributed by atoms with van der Waals surface area (Å²) in [5.74, 6) is 0.887. The highest BCUT2D eigenvalue weighted by Crippen LogP contribution is 2.47. The minimum absolute atomic E-state index is 0.00616. The van der Waals surface area contributed by atoms with E-state index in [-0.39, 0.29) is 43.0 Å². The molecule has 3 fully saturated rings. The van der Waals surface area contributed by atoms with Crippen molar-refractivity contribution in [3.63, 3.8) is 0 Å². The predicted octanol–water partition coefficient (Wildman–Crippen LogP) is 3.61. The molecule has 2 aliphatic heterocycles. The maximum atomic E-state index is 13.0. The maximum absolute atomic E-state index is 13.0. The molecule has 29 heavy (non-hydrogen) atoms. The van der Waals surface area contributed by atoms with E-state index >= 15 is 0 Å². The van der Waals surface area contributed by atoms with Crippen molar-refractivity contribution in [1.82, 2.24) is 4.90 Å². The minimum Gasteiger partial charge on any atom is -0.448 e. The Morgan fingerprint density at radius 1 is 1.03 bits per heavy atom. The summed E-state index contributed by atoms with van der Waals surface area (Å²) in [6.07, 6.45) is 1.81. The second-order valence-electron chi connectivity index (χ2n) is 8.64. The summed E-state index contributed by atoms with van der Waals surface area (Å²) in [5, 5.41) is 0. The lowest BCUT2D eigenvalue weighted by atomic mass is 9.97. The van der Waals surface area contributed by atoms with Crippen LogP contribution in [0.1, 0.15) is 29.9 Å². The van der Waals surface area contributed by atoms with E-state index < -0.39 is 6.04 Å². The quantitative estimate of drug-likeness (QED) is 0.805. The first kappa shape index (κ1) is 17.2. The van der Waals surface area contributed by atoms with Crippen molar-refractivity contribution >= 4 is 11.9 Å². The Labute approximate surface area is 169 Å². The first-order chi connectivity index (χ1) is 14.2. The second-order valence-corrected chi connectivity index (χ2v) is 8.64. The lowest BCUT2D eigenvalue weighted by Gasteiger charge is -2.22. The molecule has 148 valence electrons. The van der Waals surface area contributed by atoms with Crippen LogP contribution in [-0.2, 0) is 14.3 Å². The number of ether oxygens (including phenoxy) is 2. The Hall–Kier alpha value is -2.66. The van der Waals surface area contributed by atoms with E-state index in [9.17, 15) is 9.59 Å². The molecule has 0 bridgehead atoms. The van der Waals surface area contributed by atoms with Gasteiger partial charge in [0, 0.05) is 18.4 Å². The van der Waals surface area contributed by atoms with Gasteiger partial charge >= 0.3 is 6.09 Å². The molecule has 0 radical (unpaired) electrons. The third-order valence-electron chi connectivity index (χ3n) is 7.02. The number of nitrogens with zero attached hydrogens (tertiary/aromatic N) is 1. The lowest BCUT2D eigenvalue weighted by Crippen LogP contribution is -2.42. The first-order valence-electron chi connectivity index (χ1n) is 10.5. The average Bonchev–Trinajstić information content (AvgIpc) is 3.30. The van der Waals surface area contributed by atoms with E-state index in [1.807, 2.05) is 24.3 Å². The third kappa shape index (κ3) is 2.64. The fourth-order valence-corrected chi connectivity index (χ4v) is 5.50. The summed E-state index contributed by atoms with van der Waals surface area (Å²) in [6.45, 7) is 0.970. The van der Waals surface area contributed by atoms with Crippen LogP contribution in [0.2, 0.25) is 0 Å². The van der Waals surface area contributed by atoms with Crippen molar-refractivity contribution in [3.8, 4) is 11.1 Å². The third-order valence-corrected chi connectivity index (χ3v) is 7.02. The van der Waals surface area contributed by atoms with Crippen LogP contribution in [0.4, 0.5) is 4.79 Å². The van der Waals surface area contributed by atoms with Crippen LogP contribution >= 0.6 is 0 Å². The van der Waals surface area contributed by atoms with Gasteiger partial charge in [-0.15, -0.1) is 0 Å². The zero-order valence-corrected chi connectivity index (χ0v) is 16.1. The molecule has 3 atom stereocenters. The van der Waals surface area contributed by atoms with E-state index in [0.717, 1.165) is 0 Å². The summed E-state index contributed by atoms with van der Waals surface area (Å²) in [7, 11) is 0. The Bertz CT molecular complexity index is 952. The van der Waals surface area contributed by atoms with Gasteiger partial charge in [-0.25, -0.2) is 4.79 Å². The van der Waals surface area contributed by atoms with Crippen LogP contribution in [0.5, 0.6) is 0 Å². The van der Waals surface area contributed by atoms with Crippen molar-refractivity contribution in [2.75, 3.05) is 19.8 Å². The fraction of sp³-hybridized carbons (Fsp3) is 0.417. The molecule has 5 nitrogen and oxygen atoms in total. The number of Topliss-reactive ketones (excluding diaryl/α,β-unsaturated/α-hetero) is 1. The van der Waals surface area contributed by atoms with Gasteiger partial charge in [-0.05, 0) is 41.0 Å². The summed E-state index contributed by atoms with van der Waals surface area (Å²) < 4.78 is 11.6. The number of rotatable bonds is 3. The topological polar surface area (TPSA) is 55.8 Å². The number of hydrogen-bond donors (Lipinski definition) is 0. The highest BCUT2D eigenvalue weighted by molar-refractivity contribution is 5.91. The smallest absolute Gasteiger partial charge is 0.410 e. The summed E-state index contributed by atoms with van der Waals surface area (Å²) in [5.41, 5.74) is 4.80. The van der Waals surface area contributed by atoms with Gasteiger partial charge in [0.25, 0.3) is 0 Å². The van der Waals surface area contributed by atoms with Gasteiger partial charge in [-0.2, -0.15) is 0 Å². The largest absolute Gasteiger partial charge is 0.448 e. The van der Waals surface area contributed by atoms with Crippen molar-refractivity contribution in [2.24, 2.45) is 11.8 Å². The van der Waals surface area contributed by atoms with Crippen molar-refractivity contribution in [1.29, 1.82) is 0 Å². The number of likely N-dealkylation sites (tertiary alicyclic amines) is 1. The second kappa shape index (κ2) is 6.42. The SMILES string of the molecule is O=C1CO[C@@H]2[C@@H](C3CC3)CN(C(=O)OCC3c4ccccc4-c4ccccc43)[C@H]12. The first-order valence-corrected chi connectivity index (χ1v) is 10.5. The van der Waals surface area contributed by atoms with Gasteiger partial charge in [-0.3, -0.25) is 9.69 Å². The molecular formula is C24H23NO4. The van der Waals surface area contributed by atoms with Crippen molar-refractivity contribution in [2.45, 2.75) is 30.9 Å².